The van der Waals surface area contributed by atoms with E-state index < -0.39 is 6.04 Å². The van der Waals surface area contributed by atoms with E-state index in [-0.39, 0.29) is 24.5 Å². The quantitative estimate of drug-likeness (QED) is 0.643. The normalized spacial score (nSPS) is 12.7. The third-order valence-electron chi connectivity index (χ3n) is 5.21. The highest BCUT2D eigenvalue weighted by Gasteiger charge is 2.26. The van der Waals surface area contributed by atoms with Gasteiger partial charge in [-0.15, -0.1) is 0 Å². The van der Waals surface area contributed by atoms with Gasteiger partial charge in [-0.3, -0.25) is 9.59 Å². The van der Waals surface area contributed by atoms with Gasteiger partial charge in [0.15, 0.2) is 6.61 Å². The van der Waals surface area contributed by atoms with Gasteiger partial charge in [0.05, 0.1) is 0 Å². The SMILES string of the molecule is CCC(C)NC(=O)C(C)N(CCc1ccccc1)C(=O)COc1cc(C)cc(C)c1. The van der Waals surface area contributed by atoms with Crippen LogP contribution < -0.4 is 10.1 Å². The molecule has 2 aromatic rings. The molecule has 2 unspecified atom stereocenters. The van der Waals surface area contributed by atoms with Crippen molar-refractivity contribution in [3.8, 4) is 5.75 Å². The number of benzene rings is 2. The maximum Gasteiger partial charge on any atom is 0.261 e. The molecule has 0 aliphatic rings. The Morgan fingerprint density at radius 3 is 2.27 bits per heavy atom. The van der Waals surface area contributed by atoms with E-state index in [0.29, 0.717) is 18.7 Å². The standard InChI is InChI=1S/C25H34N2O3/c1-6-20(4)26-25(29)21(5)27(13-12-22-10-8-7-9-11-22)24(28)17-30-23-15-18(2)14-19(3)16-23/h7-11,14-16,20-21H,6,12-13,17H2,1-5H3,(H,26,29). The summed E-state index contributed by atoms with van der Waals surface area (Å²) in [5.41, 5.74) is 3.29. The first kappa shape index (κ1) is 23.5. The number of nitrogens with one attached hydrogen (secondary N) is 1. The van der Waals surface area contributed by atoms with Crippen LogP contribution in [0.1, 0.15) is 43.9 Å². The number of aryl methyl sites for hydroxylation is 2. The number of ether oxygens (including phenoxy) is 1. The molecule has 5 nitrogen and oxygen atoms in total. The van der Waals surface area contributed by atoms with Crippen LogP contribution in [0.15, 0.2) is 48.5 Å². The summed E-state index contributed by atoms with van der Waals surface area (Å²) in [7, 11) is 0. The monoisotopic (exact) mass is 410 g/mol. The van der Waals surface area contributed by atoms with E-state index in [1.165, 1.54) is 0 Å². The van der Waals surface area contributed by atoms with E-state index in [2.05, 4.69) is 11.4 Å². The van der Waals surface area contributed by atoms with Gasteiger partial charge in [0, 0.05) is 12.6 Å². The smallest absolute Gasteiger partial charge is 0.261 e. The average Bonchev–Trinajstić information content (AvgIpc) is 2.72. The maximum atomic E-state index is 13.0. The highest BCUT2D eigenvalue weighted by Crippen LogP contribution is 2.16. The van der Waals surface area contributed by atoms with Crippen LogP contribution in [0.2, 0.25) is 0 Å². The molecule has 0 aromatic heterocycles. The minimum Gasteiger partial charge on any atom is -0.484 e. The van der Waals surface area contributed by atoms with Gasteiger partial charge in [0.25, 0.3) is 5.91 Å². The lowest BCUT2D eigenvalue weighted by atomic mass is 10.1. The van der Waals surface area contributed by atoms with Gasteiger partial charge in [0.2, 0.25) is 5.91 Å². The van der Waals surface area contributed by atoms with E-state index in [1.54, 1.807) is 11.8 Å². The summed E-state index contributed by atoms with van der Waals surface area (Å²) in [6.07, 6.45) is 1.52. The summed E-state index contributed by atoms with van der Waals surface area (Å²) in [5.74, 6) is 0.328. The topological polar surface area (TPSA) is 58.6 Å². The van der Waals surface area contributed by atoms with E-state index in [1.807, 2.05) is 70.2 Å². The van der Waals surface area contributed by atoms with Gasteiger partial charge in [-0.1, -0.05) is 43.3 Å². The summed E-state index contributed by atoms with van der Waals surface area (Å²) >= 11 is 0. The minimum atomic E-state index is -0.571. The summed E-state index contributed by atoms with van der Waals surface area (Å²) < 4.78 is 5.77. The predicted octanol–water partition coefficient (Wildman–Crippen LogP) is 4.06. The molecular weight excluding hydrogens is 376 g/mol. The summed E-state index contributed by atoms with van der Waals surface area (Å²) in [5, 5.41) is 2.98. The Morgan fingerprint density at radius 1 is 1.03 bits per heavy atom. The second kappa shape index (κ2) is 11.4. The first-order valence-electron chi connectivity index (χ1n) is 10.6. The lowest BCUT2D eigenvalue weighted by Gasteiger charge is -2.29. The van der Waals surface area contributed by atoms with Crippen molar-refractivity contribution >= 4 is 11.8 Å². The van der Waals surface area contributed by atoms with E-state index in [0.717, 1.165) is 23.1 Å². The molecule has 0 radical (unpaired) electrons. The lowest BCUT2D eigenvalue weighted by Crippen LogP contribution is -2.51. The molecule has 2 aromatic carbocycles. The molecule has 0 heterocycles. The van der Waals surface area contributed by atoms with Crippen molar-refractivity contribution < 1.29 is 14.3 Å². The fourth-order valence-electron chi connectivity index (χ4n) is 3.28. The van der Waals surface area contributed by atoms with Crippen molar-refractivity contribution in [3.05, 3.63) is 65.2 Å². The summed E-state index contributed by atoms with van der Waals surface area (Å²) in [6.45, 7) is 10.1. The zero-order valence-electron chi connectivity index (χ0n) is 18.8. The van der Waals surface area contributed by atoms with E-state index >= 15 is 0 Å². The van der Waals surface area contributed by atoms with Crippen molar-refractivity contribution in [1.29, 1.82) is 0 Å². The molecule has 2 amide bonds. The number of nitrogens with zero attached hydrogens (tertiary/aromatic N) is 1. The fourth-order valence-corrected chi connectivity index (χ4v) is 3.28. The van der Waals surface area contributed by atoms with Crippen LogP contribution >= 0.6 is 0 Å². The molecule has 5 heteroatoms. The zero-order chi connectivity index (χ0) is 22.1. The van der Waals surface area contributed by atoms with Crippen molar-refractivity contribution in [1.82, 2.24) is 10.2 Å². The Bertz CT molecular complexity index is 815. The van der Waals surface area contributed by atoms with Gasteiger partial charge >= 0.3 is 0 Å². The Kier molecular flexibility index (Phi) is 8.90. The molecule has 30 heavy (non-hydrogen) atoms. The largest absolute Gasteiger partial charge is 0.484 e. The minimum absolute atomic E-state index is 0.0672. The molecule has 2 atom stereocenters. The Morgan fingerprint density at radius 2 is 1.67 bits per heavy atom. The number of carbonyl (C=O) groups is 2. The number of hydrogen-bond acceptors (Lipinski definition) is 3. The molecular formula is C25H34N2O3. The van der Waals surface area contributed by atoms with E-state index in [4.69, 9.17) is 4.74 Å². The van der Waals surface area contributed by atoms with Gasteiger partial charge in [-0.25, -0.2) is 0 Å². The predicted molar refractivity (Wildman–Crippen MR) is 121 cm³/mol. The number of amides is 2. The fraction of sp³-hybridized carbons (Fsp3) is 0.440. The van der Waals surface area contributed by atoms with Crippen molar-refractivity contribution in [2.24, 2.45) is 0 Å². The van der Waals surface area contributed by atoms with Crippen LogP contribution in [-0.4, -0.2) is 41.9 Å². The average molecular weight is 411 g/mol. The van der Waals surface area contributed by atoms with Crippen LogP contribution in [0, 0.1) is 13.8 Å². The van der Waals surface area contributed by atoms with Crippen LogP contribution in [-0.2, 0) is 16.0 Å². The molecule has 0 aliphatic heterocycles. The highest BCUT2D eigenvalue weighted by atomic mass is 16.5. The number of rotatable bonds is 10. The van der Waals surface area contributed by atoms with E-state index in [9.17, 15) is 9.59 Å². The van der Waals surface area contributed by atoms with Crippen molar-refractivity contribution in [3.63, 3.8) is 0 Å². The Hall–Kier alpha value is -2.82. The third-order valence-corrected chi connectivity index (χ3v) is 5.21. The summed E-state index contributed by atoms with van der Waals surface area (Å²) in [6, 6.07) is 15.3. The number of hydrogen-bond donors (Lipinski definition) is 1. The van der Waals surface area contributed by atoms with Gasteiger partial charge < -0.3 is 15.0 Å². The Balaban J connectivity index is 2.09. The molecule has 0 fully saturated rings. The van der Waals surface area contributed by atoms with Gasteiger partial charge in [-0.2, -0.15) is 0 Å². The van der Waals surface area contributed by atoms with Crippen LogP contribution in [0.3, 0.4) is 0 Å². The lowest BCUT2D eigenvalue weighted by molar-refractivity contribution is -0.141. The molecule has 0 bridgehead atoms. The second-order valence-corrected chi connectivity index (χ2v) is 7.93. The Labute approximate surface area is 180 Å². The number of carbonyl (C=O) groups excluding carboxylic acids is 2. The first-order chi connectivity index (χ1) is 14.3. The van der Waals surface area contributed by atoms with Gasteiger partial charge in [0.1, 0.15) is 11.8 Å². The molecule has 1 N–H and O–H groups in total. The van der Waals surface area contributed by atoms with Crippen molar-refractivity contribution in [2.45, 2.75) is 59.5 Å². The first-order valence-corrected chi connectivity index (χ1v) is 10.6. The highest BCUT2D eigenvalue weighted by molar-refractivity contribution is 5.88. The van der Waals surface area contributed by atoms with Crippen LogP contribution in [0.4, 0.5) is 0 Å². The van der Waals surface area contributed by atoms with Crippen molar-refractivity contribution in [2.75, 3.05) is 13.2 Å². The zero-order valence-corrected chi connectivity index (χ0v) is 18.8. The molecule has 2 rings (SSSR count). The molecule has 0 spiro atoms. The maximum absolute atomic E-state index is 13.0. The molecule has 0 saturated carbocycles. The molecule has 162 valence electrons. The van der Waals surface area contributed by atoms with Crippen LogP contribution in [0.5, 0.6) is 5.75 Å². The molecule has 0 aliphatic carbocycles. The second-order valence-electron chi connectivity index (χ2n) is 7.93. The van der Waals surface area contributed by atoms with Gasteiger partial charge in [-0.05, 0) is 69.4 Å². The molecule has 0 saturated heterocycles. The third kappa shape index (κ3) is 7.21. The van der Waals surface area contributed by atoms with Crippen LogP contribution in [0.25, 0.3) is 0 Å². The summed E-state index contributed by atoms with van der Waals surface area (Å²) in [4.78, 5) is 27.3.